The Morgan fingerprint density at radius 3 is 2.08 bits per heavy atom. The van der Waals surface area contributed by atoms with Gasteiger partial charge in [-0.05, 0) is 26.8 Å². The van der Waals surface area contributed by atoms with Gasteiger partial charge in [0.15, 0.2) is 0 Å². The van der Waals surface area contributed by atoms with Gasteiger partial charge in [-0.2, -0.15) is 0 Å². The first-order valence-electron chi connectivity index (χ1n) is 4.24. The zero-order valence-electron chi connectivity index (χ0n) is 7.78. The molecule has 0 aliphatic rings. The van der Waals surface area contributed by atoms with Gasteiger partial charge >= 0.3 is 8.60 Å². The van der Waals surface area contributed by atoms with Crippen molar-refractivity contribution in [3.05, 3.63) is 0 Å². The molecule has 0 saturated carbocycles. The molecule has 0 amide bonds. The summed E-state index contributed by atoms with van der Waals surface area (Å²) in [5.74, 6) is 0. The van der Waals surface area contributed by atoms with Crippen LogP contribution in [0.2, 0.25) is 0 Å². The molecule has 4 nitrogen and oxygen atoms in total. The van der Waals surface area contributed by atoms with Crippen molar-refractivity contribution in [1.82, 2.24) is 0 Å². The average Bonchev–Trinajstić information content (AvgIpc) is 2.06. The highest BCUT2D eigenvalue weighted by Gasteiger charge is 2.09. The molecule has 0 bridgehead atoms. The van der Waals surface area contributed by atoms with E-state index < -0.39 is 8.60 Å². The summed E-state index contributed by atoms with van der Waals surface area (Å²) in [5.41, 5.74) is 5.31. The molecule has 74 valence electrons. The van der Waals surface area contributed by atoms with Crippen molar-refractivity contribution < 1.29 is 13.6 Å². The van der Waals surface area contributed by atoms with Gasteiger partial charge in [-0.1, -0.05) is 0 Å². The molecule has 0 atom stereocenters. The Morgan fingerprint density at radius 2 is 1.67 bits per heavy atom. The lowest BCUT2D eigenvalue weighted by Gasteiger charge is -2.14. The normalized spacial score (nSPS) is 11.0. The van der Waals surface area contributed by atoms with Crippen molar-refractivity contribution in [2.45, 2.75) is 20.3 Å². The number of hydrogen-bond donors (Lipinski definition) is 1. The third-order valence-corrected chi connectivity index (χ3v) is 2.35. The molecule has 0 aromatic carbocycles. The summed E-state index contributed by atoms with van der Waals surface area (Å²) >= 11 is 0. The molecule has 5 heteroatoms. The zero-order chi connectivity index (χ0) is 9.23. The Bertz CT molecular complexity index is 88.7. The lowest BCUT2D eigenvalue weighted by molar-refractivity contribution is 0.170. The number of rotatable bonds is 8. The van der Waals surface area contributed by atoms with Crippen molar-refractivity contribution >= 4 is 8.60 Å². The van der Waals surface area contributed by atoms with E-state index in [1.54, 1.807) is 0 Å². The fraction of sp³-hybridized carbons (Fsp3) is 1.00. The fourth-order valence-electron chi connectivity index (χ4n) is 0.545. The van der Waals surface area contributed by atoms with Gasteiger partial charge in [0.2, 0.25) is 0 Å². The van der Waals surface area contributed by atoms with E-state index in [9.17, 15) is 0 Å². The molecular weight excluding hydrogens is 177 g/mol. The van der Waals surface area contributed by atoms with Crippen molar-refractivity contribution in [2.75, 3.05) is 26.4 Å². The van der Waals surface area contributed by atoms with Crippen LogP contribution in [-0.2, 0) is 13.6 Å². The van der Waals surface area contributed by atoms with Gasteiger partial charge in [-0.15, -0.1) is 0 Å². The lowest BCUT2D eigenvalue weighted by Crippen LogP contribution is -2.04. The minimum Gasteiger partial charge on any atom is -0.330 e. The van der Waals surface area contributed by atoms with Gasteiger partial charge in [0.1, 0.15) is 0 Å². The van der Waals surface area contributed by atoms with E-state index in [1.165, 1.54) is 0 Å². The summed E-state index contributed by atoms with van der Waals surface area (Å²) in [6.45, 7) is 6.33. The van der Waals surface area contributed by atoms with Crippen molar-refractivity contribution in [2.24, 2.45) is 5.73 Å². The zero-order valence-corrected chi connectivity index (χ0v) is 8.68. The molecule has 0 rings (SSSR count). The molecule has 0 heterocycles. The van der Waals surface area contributed by atoms with E-state index in [-0.39, 0.29) is 0 Å². The molecule has 0 unspecified atom stereocenters. The van der Waals surface area contributed by atoms with E-state index in [0.717, 1.165) is 6.42 Å². The summed E-state index contributed by atoms with van der Waals surface area (Å²) in [7, 11) is -1.13. The van der Waals surface area contributed by atoms with Gasteiger partial charge < -0.3 is 19.3 Å². The van der Waals surface area contributed by atoms with Crippen LogP contribution in [0.1, 0.15) is 20.3 Å². The van der Waals surface area contributed by atoms with E-state index in [1.807, 2.05) is 13.8 Å². The lowest BCUT2D eigenvalue weighted by atomic mass is 10.5. The van der Waals surface area contributed by atoms with E-state index in [4.69, 9.17) is 19.3 Å². The topological polar surface area (TPSA) is 53.7 Å². The Hall–Kier alpha value is 0.270. The summed E-state index contributed by atoms with van der Waals surface area (Å²) in [5, 5.41) is 0. The van der Waals surface area contributed by atoms with E-state index in [2.05, 4.69) is 0 Å². The molecule has 0 aliphatic carbocycles. The van der Waals surface area contributed by atoms with Crippen LogP contribution in [0.4, 0.5) is 0 Å². The molecular formula is C7H18NO3P. The maximum atomic E-state index is 5.31. The Labute approximate surface area is 75.4 Å². The summed E-state index contributed by atoms with van der Waals surface area (Å²) in [4.78, 5) is 0. The van der Waals surface area contributed by atoms with Crippen LogP contribution in [0.25, 0.3) is 0 Å². The summed E-state index contributed by atoms with van der Waals surface area (Å²) in [6, 6.07) is 0. The summed E-state index contributed by atoms with van der Waals surface area (Å²) < 4.78 is 15.7. The third-order valence-electron chi connectivity index (χ3n) is 1.01. The maximum absolute atomic E-state index is 5.31. The molecule has 0 aromatic rings. The van der Waals surface area contributed by atoms with E-state index in [0.29, 0.717) is 26.4 Å². The van der Waals surface area contributed by atoms with Gasteiger partial charge in [0.05, 0.1) is 19.8 Å². The predicted molar refractivity (Wildman–Crippen MR) is 49.8 cm³/mol. The first-order chi connectivity index (χ1) is 5.85. The second-order valence-corrected chi connectivity index (χ2v) is 3.26. The second kappa shape index (κ2) is 9.36. The van der Waals surface area contributed by atoms with Crippen LogP contribution < -0.4 is 5.73 Å². The van der Waals surface area contributed by atoms with Crippen molar-refractivity contribution in [1.29, 1.82) is 0 Å². The standard InChI is InChI=1S/C7H18NO3P/c1-3-9-12(10-4-2)11-7-5-6-8/h3-8H2,1-2H3. The highest BCUT2D eigenvalue weighted by atomic mass is 31.2. The second-order valence-electron chi connectivity index (χ2n) is 2.03. The molecule has 0 fully saturated rings. The minimum absolute atomic E-state index is 0.613. The number of hydrogen-bond acceptors (Lipinski definition) is 4. The molecule has 2 N–H and O–H groups in total. The van der Waals surface area contributed by atoms with Gasteiger partial charge in [-0.3, -0.25) is 0 Å². The fourth-order valence-corrected chi connectivity index (χ4v) is 1.47. The van der Waals surface area contributed by atoms with Crippen LogP contribution in [0, 0.1) is 0 Å². The van der Waals surface area contributed by atoms with Crippen LogP contribution >= 0.6 is 8.60 Å². The Morgan fingerprint density at radius 1 is 1.08 bits per heavy atom. The van der Waals surface area contributed by atoms with Gasteiger partial charge in [-0.25, -0.2) is 0 Å². The third kappa shape index (κ3) is 6.95. The van der Waals surface area contributed by atoms with Crippen LogP contribution in [-0.4, -0.2) is 26.4 Å². The quantitative estimate of drug-likeness (QED) is 0.472. The first-order valence-corrected chi connectivity index (χ1v) is 5.33. The van der Waals surface area contributed by atoms with Crippen molar-refractivity contribution in [3.8, 4) is 0 Å². The SMILES string of the molecule is CCOP(OCC)OCCCN. The molecule has 0 radical (unpaired) electrons. The van der Waals surface area contributed by atoms with Crippen LogP contribution in [0.15, 0.2) is 0 Å². The molecule has 0 aliphatic heterocycles. The van der Waals surface area contributed by atoms with E-state index >= 15 is 0 Å². The first kappa shape index (κ1) is 12.3. The average molecular weight is 195 g/mol. The Balaban J connectivity index is 3.34. The molecule has 0 spiro atoms. The number of nitrogens with two attached hydrogens (primary N) is 1. The Kier molecular flexibility index (Phi) is 9.57. The largest absolute Gasteiger partial charge is 0.332 e. The van der Waals surface area contributed by atoms with Gasteiger partial charge in [0.25, 0.3) is 0 Å². The van der Waals surface area contributed by atoms with Crippen LogP contribution in [0.5, 0.6) is 0 Å². The highest BCUT2D eigenvalue weighted by molar-refractivity contribution is 7.41. The minimum atomic E-state index is -1.13. The molecule has 0 aromatic heterocycles. The summed E-state index contributed by atoms with van der Waals surface area (Å²) in [6.07, 6.45) is 0.846. The van der Waals surface area contributed by atoms with Crippen molar-refractivity contribution in [3.63, 3.8) is 0 Å². The highest BCUT2D eigenvalue weighted by Crippen LogP contribution is 2.39. The van der Waals surface area contributed by atoms with Crippen LogP contribution in [0.3, 0.4) is 0 Å². The molecule has 12 heavy (non-hydrogen) atoms. The maximum Gasteiger partial charge on any atom is 0.332 e. The monoisotopic (exact) mass is 195 g/mol. The molecule has 0 saturated heterocycles. The smallest absolute Gasteiger partial charge is 0.330 e. The predicted octanol–water partition coefficient (Wildman–Crippen LogP) is 1.65. The van der Waals surface area contributed by atoms with Gasteiger partial charge in [0, 0.05) is 0 Å².